The van der Waals surface area contributed by atoms with E-state index in [-0.39, 0.29) is 11.9 Å². The van der Waals surface area contributed by atoms with E-state index in [0.717, 1.165) is 12.3 Å². The van der Waals surface area contributed by atoms with Crippen molar-refractivity contribution < 1.29 is 9.53 Å². The van der Waals surface area contributed by atoms with Crippen LogP contribution in [0, 0.1) is 5.92 Å². The average molecular weight is 253 g/mol. The van der Waals surface area contributed by atoms with Crippen LogP contribution in [0.5, 0.6) is 5.75 Å². The lowest BCUT2D eigenvalue weighted by Gasteiger charge is -2.13. The number of hydrogen-bond donors (Lipinski definition) is 0. The van der Waals surface area contributed by atoms with E-state index in [1.807, 2.05) is 12.1 Å². The lowest BCUT2D eigenvalue weighted by atomic mass is 10.1. The monoisotopic (exact) mass is 252 g/mol. The molecule has 0 radical (unpaired) electrons. The first kappa shape index (κ1) is 12.4. The fourth-order valence-corrected chi connectivity index (χ4v) is 1.95. The summed E-state index contributed by atoms with van der Waals surface area (Å²) < 4.78 is 5.58. The first-order valence-electron chi connectivity index (χ1n) is 6.10. The number of carbonyl (C=O) groups is 1. The van der Waals surface area contributed by atoms with Crippen molar-refractivity contribution >= 4 is 17.4 Å². The van der Waals surface area contributed by atoms with Crippen LogP contribution in [0.3, 0.4) is 0 Å². The van der Waals surface area contributed by atoms with Crippen molar-refractivity contribution in [2.24, 2.45) is 5.92 Å². The van der Waals surface area contributed by atoms with Gasteiger partial charge in [-0.05, 0) is 37.5 Å². The molecule has 1 aromatic rings. The zero-order valence-corrected chi connectivity index (χ0v) is 10.7. The molecule has 1 aliphatic carbocycles. The van der Waals surface area contributed by atoms with Crippen molar-refractivity contribution in [1.29, 1.82) is 0 Å². The molecule has 1 fully saturated rings. The fraction of sp³-hybridized carbons (Fsp3) is 0.500. The van der Waals surface area contributed by atoms with Crippen LogP contribution in [-0.4, -0.2) is 11.9 Å². The van der Waals surface area contributed by atoms with Gasteiger partial charge in [0, 0.05) is 11.4 Å². The molecule has 0 aromatic heterocycles. The number of ketones is 1. The summed E-state index contributed by atoms with van der Waals surface area (Å²) in [6.07, 6.45) is 3.84. The number of hydrogen-bond acceptors (Lipinski definition) is 2. The van der Waals surface area contributed by atoms with Crippen molar-refractivity contribution in [3.05, 3.63) is 29.3 Å². The van der Waals surface area contributed by atoms with Crippen LogP contribution in [0.2, 0.25) is 5.02 Å². The van der Waals surface area contributed by atoms with Gasteiger partial charge in [0.15, 0.2) is 11.9 Å². The maximum atomic E-state index is 11.8. The predicted molar refractivity (Wildman–Crippen MR) is 68.5 cm³/mol. The molecule has 2 nitrogen and oxygen atoms in total. The second kappa shape index (κ2) is 5.54. The zero-order chi connectivity index (χ0) is 12.3. The SMILES string of the molecule is CC(Oc1cccc(Cl)c1)C(=O)CCC1CC1. The molecule has 0 heterocycles. The Balaban J connectivity index is 1.82. The van der Waals surface area contributed by atoms with E-state index in [4.69, 9.17) is 16.3 Å². The van der Waals surface area contributed by atoms with Crippen molar-refractivity contribution in [3.8, 4) is 5.75 Å². The largest absolute Gasteiger partial charge is 0.483 e. The highest BCUT2D eigenvalue weighted by atomic mass is 35.5. The van der Waals surface area contributed by atoms with Gasteiger partial charge in [0.2, 0.25) is 0 Å². The minimum Gasteiger partial charge on any atom is -0.483 e. The number of carbonyl (C=O) groups excluding carboxylic acids is 1. The highest BCUT2D eigenvalue weighted by Crippen LogP contribution is 2.33. The molecule has 0 spiro atoms. The van der Waals surface area contributed by atoms with E-state index >= 15 is 0 Å². The molecule has 1 atom stereocenters. The summed E-state index contributed by atoms with van der Waals surface area (Å²) in [4.78, 5) is 11.8. The number of Topliss-reactive ketones (excluding diaryl/α,β-unsaturated/α-hetero) is 1. The molecule has 3 heteroatoms. The summed E-state index contributed by atoms with van der Waals surface area (Å²) in [5.74, 6) is 1.62. The predicted octanol–water partition coefficient (Wildman–Crippen LogP) is 3.87. The Morgan fingerprint density at radius 2 is 2.29 bits per heavy atom. The van der Waals surface area contributed by atoms with Crippen molar-refractivity contribution in [2.45, 2.75) is 38.7 Å². The van der Waals surface area contributed by atoms with Gasteiger partial charge in [-0.3, -0.25) is 4.79 Å². The normalized spacial score (nSPS) is 16.6. The van der Waals surface area contributed by atoms with E-state index in [9.17, 15) is 4.79 Å². The third-order valence-corrected chi connectivity index (χ3v) is 3.29. The van der Waals surface area contributed by atoms with E-state index in [0.29, 0.717) is 17.2 Å². The topological polar surface area (TPSA) is 26.3 Å². The van der Waals surface area contributed by atoms with Gasteiger partial charge in [-0.15, -0.1) is 0 Å². The molecule has 1 saturated carbocycles. The summed E-state index contributed by atoms with van der Waals surface area (Å²) in [5.41, 5.74) is 0. The maximum Gasteiger partial charge on any atom is 0.173 e. The Hall–Kier alpha value is -1.02. The summed E-state index contributed by atoms with van der Waals surface area (Å²) in [6, 6.07) is 7.15. The van der Waals surface area contributed by atoms with Crippen LogP contribution < -0.4 is 4.74 Å². The lowest BCUT2D eigenvalue weighted by Crippen LogP contribution is -2.23. The summed E-state index contributed by atoms with van der Waals surface area (Å²) in [6.45, 7) is 1.80. The minimum absolute atomic E-state index is 0.178. The summed E-state index contributed by atoms with van der Waals surface area (Å²) in [5, 5.41) is 0.625. The molecule has 1 aliphatic rings. The third kappa shape index (κ3) is 4.04. The smallest absolute Gasteiger partial charge is 0.173 e. The summed E-state index contributed by atoms with van der Waals surface area (Å²) >= 11 is 5.85. The summed E-state index contributed by atoms with van der Waals surface area (Å²) in [7, 11) is 0. The van der Waals surface area contributed by atoms with Crippen LogP contribution in [0.25, 0.3) is 0 Å². The second-order valence-electron chi connectivity index (χ2n) is 4.67. The van der Waals surface area contributed by atoms with Crippen LogP contribution in [0.1, 0.15) is 32.6 Å². The third-order valence-electron chi connectivity index (χ3n) is 3.06. The fourth-order valence-electron chi connectivity index (χ4n) is 1.77. The quantitative estimate of drug-likeness (QED) is 0.768. The second-order valence-corrected chi connectivity index (χ2v) is 5.10. The van der Waals surface area contributed by atoms with Crippen LogP contribution in [0.15, 0.2) is 24.3 Å². The van der Waals surface area contributed by atoms with Crippen LogP contribution in [-0.2, 0) is 4.79 Å². The molecule has 17 heavy (non-hydrogen) atoms. The van der Waals surface area contributed by atoms with E-state index in [1.54, 1.807) is 19.1 Å². The van der Waals surface area contributed by atoms with E-state index < -0.39 is 0 Å². The first-order chi connectivity index (χ1) is 8.15. The van der Waals surface area contributed by atoms with E-state index in [2.05, 4.69) is 0 Å². The molecular formula is C14H17ClO2. The zero-order valence-electron chi connectivity index (χ0n) is 9.99. The molecule has 0 N–H and O–H groups in total. The van der Waals surface area contributed by atoms with Crippen LogP contribution >= 0.6 is 11.6 Å². The molecule has 0 bridgehead atoms. The Labute approximate surface area is 107 Å². The molecule has 0 saturated heterocycles. The van der Waals surface area contributed by atoms with Gasteiger partial charge in [0.25, 0.3) is 0 Å². The number of ether oxygens (including phenoxy) is 1. The van der Waals surface area contributed by atoms with Gasteiger partial charge in [-0.1, -0.05) is 30.5 Å². The Morgan fingerprint density at radius 1 is 1.53 bits per heavy atom. The lowest BCUT2D eigenvalue weighted by molar-refractivity contribution is -0.125. The molecule has 0 aliphatic heterocycles. The van der Waals surface area contributed by atoms with Crippen molar-refractivity contribution in [2.75, 3.05) is 0 Å². The van der Waals surface area contributed by atoms with Gasteiger partial charge in [0.1, 0.15) is 5.75 Å². The van der Waals surface area contributed by atoms with Gasteiger partial charge in [0.05, 0.1) is 0 Å². The van der Waals surface area contributed by atoms with Gasteiger partial charge >= 0.3 is 0 Å². The Morgan fingerprint density at radius 3 is 2.94 bits per heavy atom. The van der Waals surface area contributed by atoms with Crippen molar-refractivity contribution in [3.63, 3.8) is 0 Å². The number of benzene rings is 1. The molecular weight excluding hydrogens is 236 g/mol. The average Bonchev–Trinajstić information content (AvgIpc) is 3.09. The Bertz CT molecular complexity index is 399. The van der Waals surface area contributed by atoms with Gasteiger partial charge < -0.3 is 4.74 Å². The van der Waals surface area contributed by atoms with Gasteiger partial charge in [-0.2, -0.15) is 0 Å². The molecule has 92 valence electrons. The molecule has 1 aromatic carbocycles. The van der Waals surface area contributed by atoms with Crippen LogP contribution in [0.4, 0.5) is 0 Å². The highest BCUT2D eigenvalue weighted by Gasteiger charge is 2.23. The number of halogens is 1. The number of rotatable bonds is 6. The maximum absolute atomic E-state index is 11.8. The molecule has 2 rings (SSSR count). The highest BCUT2D eigenvalue weighted by molar-refractivity contribution is 6.30. The van der Waals surface area contributed by atoms with E-state index in [1.165, 1.54) is 12.8 Å². The minimum atomic E-state index is -0.382. The first-order valence-corrected chi connectivity index (χ1v) is 6.48. The van der Waals surface area contributed by atoms with Crippen molar-refractivity contribution in [1.82, 2.24) is 0 Å². The molecule has 0 amide bonds. The Kier molecular flexibility index (Phi) is 4.06. The van der Waals surface area contributed by atoms with Gasteiger partial charge in [-0.25, -0.2) is 0 Å². The standard InChI is InChI=1S/C14H17ClO2/c1-10(14(16)8-7-11-5-6-11)17-13-4-2-3-12(15)9-13/h2-4,9-11H,5-8H2,1H3. The molecule has 1 unspecified atom stereocenters.